The normalized spacial score (nSPS) is 12.8. The van der Waals surface area contributed by atoms with Gasteiger partial charge in [0, 0.05) is 23.6 Å². The van der Waals surface area contributed by atoms with E-state index in [1.54, 1.807) is 6.26 Å². The molecule has 1 atom stereocenters. The second-order valence-electron chi connectivity index (χ2n) is 5.10. The zero-order valence-electron chi connectivity index (χ0n) is 12.0. The van der Waals surface area contributed by atoms with E-state index in [0.29, 0.717) is 6.04 Å². The van der Waals surface area contributed by atoms with Crippen LogP contribution in [-0.4, -0.2) is 24.5 Å². The van der Waals surface area contributed by atoms with Crippen molar-refractivity contribution in [2.45, 2.75) is 26.1 Å². The molecule has 0 aliphatic rings. The van der Waals surface area contributed by atoms with Crippen LogP contribution in [-0.2, 0) is 13.1 Å². The van der Waals surface area contributed by atoms with E-state index in [1.807, 2.05) is 12.1 Å². The van der Waals surface area contributed by atoms with Gasteiger partial charge in [-0.2, -0.15) is 0 Å². The van der Waals surface area contributed by atoms with Gasteiger partial charge in [-0.05, 0) is 43.8 Å². The quantitative estimate of drug-likeness (QED) is 0.836. The summed E-state index contributed by atoms with van der Waals surface area (Å²) in [6, 6.07) is 12.8. The molecule has 1 N–H and O–H groups in total. The lowest BCUT2D eigenvalue weighted by atomic mass is 10.2. The van der Waals surface area contributed by atoms with Crippen LogP contribution in [0.3, 0.4) is 0 Å². The number of benzene rings is 1. The molecule has 0 amide bonds. The molecule has 0 aliphatic heterocycles. The number of furan rings is 1. The summed E-state index contributed by atoms with van der Waals surface area (Å²) in [6.07, 6.45) is 1.71. The predicted octanol–water partition coefficient (Wildman–Crippen LogP) is 3.65. The Morgan fingerprint density at radius 3 is 2.85 bits per heavy atom. The summed E-state index contributed by atoms with van der Waals surface area (Å²) in [4.78, 5) is 2.34. The lowest BCUT2D eigenvalue weighted by Crippen LogP contribution is -2.37. The average molecular weight is 337 g/mol. The first-order valence-electron chi connectivity index (χ1n) is 6.83. The first-order valence-corrected chi connectivity index (χ1v) is 7.62. The Morgan fingerprint density at radius 1 is 1.30 bits per heavy atom. The molecule has 0 bridgehead atoms. The Hall–Kier alpha value is -1.10. The van der Waals surface area contributed by atoms with Crippen molar-refractivity contribution < 1.29 is 4.42 Å². The molecule has 108 valence electrons. The number of halogens is 1. The molecule has 0 saturated carbocycles. The summed E-state index contributed by atoms with van der Waals surface area (Å²) in [6.45, 7) is 4.89. The maximum atomic E-state index is 5.30. The molecule has 3 nitrogen and oxygen atoms in total. The number of nitrogens with one attached hydrogen (secondary N) is 1. The van der Waals surface area contributed by atoms with Gasteiger partial charge in [0.15, 0.2) is 0 Å². The minimum atomic E-state index is 0.462. The van der Waals surface area contributed by atoms with Crippen molar-refractivity contribution in [1.82, 2.24) is 10.2 Å². The minimum absolute atomic E-state index is 0.462. The standard InChI is InChI=1S/C16H21BrN2O/c1-13(10-18-11-16-7-4-8-20-16)19(2)12-14-5-3-6-15(17)9-14/h3-9,13,18H,10-12H2,1-2H3. The van der Waals surface area contributed by atoms with Crippen LogP contribution >= 0.6 is 15.9 Å². The van der Waals surface area contributed by atoms with Crippen molar-refractivity contribution >= 4 is 15.9 Å². The van der Waals surface area contributed by atoms with Crippen LogP contribution in [0.5, 0.6) is 0 Å². The van der Waals surface area contributed by atoms with Gasteiger partial charge < -0.3 is 9.73 Å². The van der Waals surface area contributed by atoms with Gasteiger partial charge in [0.05, 0.1) is 12.8 Å². The van der Waals surface area contributed by atoms with Crippen LogP contribution in [0.15, 0.2) is 51.6 Å². The van der Waals surface area contributed by atoms with Crippen LogP contribution in [0.1, 0.15) is 18.2 Å². The highest BCUT2D eigenvalue weighted by atomic mass is 79.9. The number of nitrogens with zero attached hydrogens (tertiary/aromatic N) is 1. The number of rotatable bonds is 7. The third-order valence-corrected chi connectivity index (χ3v) is 3.89. The summed E-state index contributed by atoms with van der Waals surface area (Å²) in [5, 5.41) is 3.42. The Labute approximate surface area is 129 Å². The van der Waals surface area contributed by atoms with E-state index in [4.69, 9.17) is 4.42 Å². The SMILES string of the molecule is CC(CNCc1ccco1)N(C)Cc1cccc(Br)c1. The van der Waals surface area contributed by atoms with Gasteiger partial charge in [-0.15, -0.1) is 0 Å². The zero-order valence-corrected chi connectivity index (χ0v) is 13.6. The predicted molar refractivity (Wildman–Crippen MR) is 85.5 cm³/mol. The number of hydrogen-bond acceptors (Lipinski definition) is 3. The van der Waals surface area contributed by atoms with Gasteiger partial charge in [0.1, 0.15) is 5.76 Å². The Balaban J connectivity index is 1.75. The van der Waals surface area contributed by atoms with E-state index < -0.39 is 0 Å². The molecular formula is C16H21BrN2O. The van der Waals surface area contributed by atoms with Crippen molar-refractivity contribution in [1.29, 1.82) is 0 Å². The summed E-state index contributed by atoms with van der Waals surface area (Å²) >= 11 is 3.51. The van der Waals surface area contributed by atoms with Crippen LogP contribution in [0, 0.1) is 0 Å². The fraction of sp³-hybridized carbons (Fsp3) is 0.375. The van der Waals surface area contributed by atoms with Gasteiger partial charge in [-0.25, -0.2) is 0 Å². The molecule has 1 aromatic heterocycles. The Kier molecular flexibility index (Phi) is 5.83. The molecule has 0 radical (unpaired) electrons. The zero-order chi connectivity index (χ0) is 14.4. The first-order chi connectivity index (χ1) is 9.65. The van der Waals surface area contributed by atoms with E-state index >= 15 is 0 Å². The molecule has 1 aromatic carbocycles. The highest BCUT2D eigenvalue weighted by Gasteiger charge is 2.09. The third-order valence-electron chi connectivity index (χ3n) is 3.39. The largest absolute Gasteiger partial charge is 0.468 e. The monoisotopic (exact) mass is 336 g/mol. The fourth-order valence-electron chi connectivity index (χ4n) is 2.05. The average Bonchev–Trinajstić information content (AvgIpc) is 2.91. The van der Waals surface area contributed by atoms with E-state index in [0.717, 1.165) is 29.9 Å². The molecule has 0 fully saturated rings. The smallest absolute Gasteiger partial charge is 0.117 e. The highest BCUT2D eigenvalue weighted by molar-refractivity contribution is 9.10. The van der Waals surface area contributed by atoms with Crippen LogP contribution < -0.4 is 5.32 Å². The minimum Gasteiger partial charge on any atom is -0.468 e. The van der Waals surface area contributed by atoms with Gasteiger partial charge in [-0.1, -0.05) is 28.1 Å². The van der Waals surface area contributed by atoms with Crippen molar-refractivity contribution in [3.8, 4) is 0 Å². The molecule has 0 aliphatic carbocycles. The van der Waals surface area contributed by atoms with Gasteiger partial charge in [0.2, 0.25) is 0 Å². The van der Waals surface area contributed by atoms with Crippen LogP contribution in [0.2, 0.25) is 0 Å². The van der Waals surface area contributed by atoms with E-state index in [1.165, 1.54) is 5.56 Å². The third kappa shape index (κ3) is 4.78. The maximum Gasteiger partial charge on any atom is 0.117 e. The maximum absolute atomic E-state index is 5.30. The molecule has 20 heavy (non-hydrogen) atoms. The topological polar surface area (TPSA) is 28.4 Å². The van der Waals surface area contributed by atoms with Crippen LogP contribution in [0.25, 0.3) is 0 Å². The van der Waals surface area contributed by atoms with Crippen LogP contribution in [0.4, 0.5) is 0 Å². The van der Waals surface area contributed by atoms with E-state index in [-0.39, 0.29) is 0 Å². The molecular weight excluding hydrogens is 316 g/mol. The molecule has 1 heterocycles. The van der Waals surface area contributed by atoms with Crippen molar-refractivity contribution in [3.63, 3.8) is 0 Å². The second kappa shape index (κ2) is 7.62. The molecule has 4 heteroatoms. The summed E-state index contributed by atoms with van der Waals surface area (Å²) < 4.78 is 6.43. The number of hydrogen-bond donors (Lipinski definition) is 1. The Bertz CT molecular complexity index is 513. The Morgan fingerprint density at radius 2 is 2.15 bits per heavy atom. The lowest BCUT2D eigenvalue weighted by Gasteiger charge is -2.25. The van der Waals surface area contributed by atoms with Gasteiger partial charge >= 0.3 is 0 Å². The summed E-state index contributed by atoms with van der Waals surface area (Å²) in [5.41, 5.74) is 1.32. The fourth-order valence-corrected chi connectivity index (χ4v) is 2.50. The second-order valence-corrected chi connectivity index (χ2v) is 6.02. The summed E-state index contributed by atoms with van der Waals surface area (Å²) in [7, 11) is 2.15. The van der Waals surface area contributed by atoms with Crippen molar-refractivity contribution in [2.24, 2.45) is 0 Å². The molecule has 2 aromatic rings. The van der Waals surface area contributed by atoms with E-state index in [9.17, 15) is 0 Å². The first kappa shape index (κ1) is 15.3. The summed E-state index contributed by atoms with van der Waals surface area (Å²) in [5.74, 6) is 0.979. The van der Waals surface area contributed by atoms with Crippen molar-refractivity contribution in [3.05, 3.63) is 58.5 Å². The molecule has 0 spiro atoms. The molecule has 1 unspecified atom stereocenters. The molecule has 0 saturated heterocycles. The van der Waals surface area contributed by atoms with Crippen molar-refractivity contribution in [2.75, 3.05) is 13.6 Å². The van der Waals surface area contributed by atoms with Gasteiger partial charge in [-0.3, -0.25) is 4.90 Å². The van der Waals surface area contributed by atoms with Gasteiger partial charge in [0.25, 0.3) is 0 Å². The highest BCUT2D eigenvalue weighted by Crippen LogP contribution is 2.13. The van der Waals surface area contributed by atoms with E-state index in [2.05, 4.69) is 64.4 Å². The molecule has 2 rings (SSSR count). The number of likely N-dealkylation sites (N-methyl/N-ethyl adjacent to an activating group) is 1. The lowest BCUT2D eigenvalue weighted by molar-refractivity contribution is 0.241.